The van der Waals surface area contributed by atoms with Crippen molar-refractivity contribution >= 4 is 38.9 Å². The molecule has 296 valence electrons. The van der Waals surface area contributed by atoms with Crippen LogP contribution < -0.4 is 4.90 Å². The lowest BCUT2D eigenvalue weighted by atomic mass is 9.43. The van der Waals surface area contributed by atoms with Gasteiger partial charge in [0, 0.05) is 44.2 Å². The molecule has 0 saturated heterocycles. The molecule has 2 spiro atoms. The number of aromatic nitrogens is 1. The molecule has 2 heteroatoms. The first-order chi connectivity index (χ1) is 30.2. The van der Waals surface area contributed by atoms with E-state index in [1.54, 1.807) is 22.3 Å². The van der Waals surface area contributed by atoms with Crippen LogP contribution in [0.1, 0.15) is 80.0 Å². The summed E-state index contributed by atoms with van der Waals surface area (Å²) < 4.78 is 2.48. The van der Waals surface area contributed by atoms with Crippen LogP contribution in [-0.4, -0.2) is 4.57 Å². The highest BCUT2D eigenvalue weighted by Gasteiger charge is 2.62. The van der Waals surface area contributed by atoms with E-state index in [0.717, 1.165) is 35.5 Å². The molecule has 8 aromatic rings. The highest BCUT2D eigenvalue weighted by atomic mass is 15.1. The Hall–Kier alpha value is -5.86. The number of para-hydroxylation sites is 2. The molecule has 2 nitrogen and oxygen atoms in total. The molecule has 6 saturated carbocycles. The maximum absolute atomic E-state index is 2.67. The van der Waals surface area contributed by atoms with Crippen LogP contribution in [-0.2, 0) is 10.8 Å². The molecule has 0 aliphatic heterocycles. The smallest absolute Gasteiger partial charge is 0.0561 e. The van der Waals surface area contributed by atoms with Crippen LogP contribution in [0.15, 0.2) is 158 Å². The van der Waals surface area contributed by atoms with Gasteiger partial charge in [0.15, 0.2) is 0 Å². The first-order valence-electron chi connectivity index (χ1n) is 23.5. The first-order valence-corrected chi connectivity index (χ1v) is 23.5. The summed E-state index contributed by atoms with van der Waals surface area (Å²) in [5, 5.41) is 2.58. The Morgan fingerprint density at radius 3 is 1.90 bits per heavy atom. The van der Waals surface area contributed by atoms with E-state index in [1.165, 1.54) is 125 Å². The minimum absolute atomic E-state index is 0.114. The molecule has 6 fully saturated rings. The van der Waals surface area contributed by atoms with Gasteiger partial charge < -0.3 is 9.47 Å². The molecule has 1 aromatic heterocycles. The summed E-state index contributed by atoms with van der Waals surface area (Å²) in [6, 6.07) is 61.5. The van der Waals surface area contributed by atoms with Gasteiger partial charge >= 0.3 is 0 Å². The zero-order valence-corrected chi connectivity index (χ0v) is 34.7. The normalized spacial score (nSPS) is 29.2. The number of fused-ring (bicyclic) bond motifs is 14. The van der Waals surface area contributed by atoms with Crippen molar-refractivity contribution < 1.29 is 0 Å². The topological polar surface area (TPSA) is 8.17 Å². The predicted octanol–water partition coefficient (Wildman–Crippen LogP) is 15.1. The van der Waals surface area contributed by atoms with Crippen LogP contribution in [0.25, 0.3) is 49.7 Å². The number of anilines is 3. The Labute approximate surface area is 358 Å². The Morgan fingerprint density at radius 2 is 1.10 bits per heavy atom. The second kappa shape index (κ2) is 11.9. The molecule has 8 aliphatic rings. The van der Waals surface area contributed by atoms with Gasteiger partial charge in [0.1, 0.15) is 0 Å². The van der Waals surface area contributed by atoms with Crippen LogP contribution in [0, 0.1) is 35.5 Å². The third-order valence-electron chi connectivity index (χ3n) is 18.0. The fourth-order valence-corrected chi connectivity index (χ4v) is 16.3. The van der Waals surface area contributed by atoms with Gasteiger partial charge in [-0.05, 0) is 174 Å². The third kappa shape index (κ3) is 4.20. The quantitative estimate of drug-likeness (QED) is 0.172. The zero-order chi connectivity index (χ0) is 39.6. The predicted molar refractivity (Wildman–Crippen MR) is 250 cm³/mol. The van der Waals surface area contributed by atoms with Crippen molar-refractivity contribution in [2.75, 3.05) is 4.90 Å². The van der Waals surface area contributed by atoms with Crippen molar-refractivity contribution in [2.45, 2.75) is 68.6 Å². The largest absolute Gasteiger partial charge is 0.310 e. The summed E-state index contributed by atoms with van der Waals surface area (Å²) in [6.45, 7) is 0. The lowest BCUT2D eigenvalue weighted by molar-refractivity contribution is -0.0399. The van der Waals surface area contributed by atoms with Gasteiger partial charge in [0.05, 0.1) is 16.7 Å². The standard InChI is InChI=1S/C59H50N2/c1-2-11-42(12-3-1)61-54-19-9-6-14-46(54)47-25-23-44(34-56(47)61)60(55-20-10-18-53-57(55)48-15-5-7-16-50(48)58(53)35-36-21-22-39(58)28-36)43-24-26-52-49(33-43)45-13-4-8-17-51(45)59(52)40-29-37-27-38(31-40)32-41(59)30-37/h1-20,23-26,33-34,36-41H,21-22,27-32,35H2. The van der Waals surface area contributed by atoms with Crippen molar-refractivity contribution in [2.24, 2.45) is 35.5 Å². The van der Waals surface area contributed by atoms with Crippen LogP contribution in [0.5, 0.6) is 0 Å². The third-order valence-corrected chi connectivity index (χ3v) is 18.0. The van der Waals surface area contributed by atoms with Gasteiger partial charge in [0.2, 0.25) is 0 Å². The Balaban J connectivity index is 0.999. The maximum Gasteiger partial charge on any atom is 0.0561 e. The second-order valence-corrected chi connectivity index (χ2v) is 20.5. The Kier molecular flexibility index (Phi) is 6.62. The number of hydrogen-bond acceptors (Lipinski definition) is 1. The van der Waals surface area contributed by atoms with Crippen molar-refractivity contribution in [3.05, 3.63) is 180 Å². The molecule has 61 heavy (non-hydrogen) atoms. The minimum Gasteiger partial charge on any atom is -0.310 e. The molecule has 8 aliphatic carbocycles. The molecular formula is C59H50N2. The summed E-state index contributed by atoms with van der Waals surface area (Å²) in [5.41, 5.74) is 20.0. The van der Waals surface area contributed by atoms with E-state index >= 15 is 0 Å². The van der Waals surface area contributed by atoms with Gasteiger partial charge in [-0.25, -0.2) is 0 Å². The van der Waals surface area contributed by atoms with Gasteiger partial charge in [-0.3, -0.25) is 0 Å². The number of benzene rings is 7. The molecule has 7 aromatic carbocycles. The Morgan fingerprint density at radius 1 is 0.443 bits per heavy atom. The van der Waals surface area contributed by atoms with E-state index in [1.807, 2.05) is 0 Å². The molecule has 6 bridgehead atoms. The van der Waals surface area contributed by atoms with Crippen LogP contribution in [0.4, 0.5) is 17.1 Å². The average Bonchev–Trinajstić information content (AvgIpc) is 4.12. The van der Waals surface area contributed by atoms with Crippen molar-refractivity contribution in [1.82, 2.24) is 4.57 Å². The molecule has 3 unspecified atom stereocenters. The zero-order valence-electron chi connectivity index (χ0n) is 34.7. The fraction of sp³-hybridized carbons (Fsp3) is 0.288. The fourth-order valence-electron chi connectivity index (χ4n) is 16.3. The molecule has 0 radical (unpaired) electrons. The molecule has 1 heterocycles. The van der Waals surface area contributed by atoms with Crippen molar-refractivity contribution in [1.29, 1.82) is 0 Å². The molecule has 0 N–H and O–H groups in total. The van der Waals surface area contributed by atoms with E-state index in [0.29, 0.717) is 0 Å². The lowest BCUT2D eigenvalue weighted by Gasteiger charge is -2.61. The Bertz CT molecular complexity index is 3120. The molecule has 0 amide bonds. The maximum atomic E-state index is 2.67. The number of rotatable bonds is 4. The molecule has 3 atom stereocenters. The summed E-state index contributed by atoms with van der Waals surface area (Å²) in [7, 11) is 0. The van der Waals surface area contributed by atoms with Gasteiger partial charge in [0.25, 0.3) is 0 Å². The summed E-state index contributed by atoms with van der Waals surface area (Å²) in [6.07, 6.45) is 12.5. The van der Waals surface area contributed by atoms with Crippen LogP contribution >= 0.6 is 0 Å². The van der Waals surface area contributed by atoms with E-state index in [-0.39, 0.29) is 10.8 Å². The van der Waals surface area contributed by atoms with Gasteiger partial charge in [-0.15, -0.1) is 0 Å². The summed E-state index contributed by atoms with van der Waals surface area (Å²) in [5.74, 6) is 4.92. The lowest BCUT2D eigenvalue weighted by Crippen LogP contribution is -2.55. The summed E-state index contributed by atoms with van der Waals surface area (Å²) >= 11 is 0. The van der Waals surface area contributed by atoms with Crippen molar-refractivity contribution in [3.8, 4) is 27.9 Å². The van der Waals surface area contributed by atoms with Crippen molar-refractivity contribution in [3.63, 3.8) is 0 Å². The monoisotopic (exact) mass is 786 g/mol. The number of hydrogen-bond donors (Lipinski definition) is 0. The van der Waals surface area contributed by atoms with Gasteiger partial charge in [-0.1, -0.05) is 116 Å². The minimum atomic E-state index is 0.114. The van der Waals surface area contributed by atoms with Gasteiger partial charge in [-0.2, -0.15) is 0 Å². The first kappa shape index (κ1) is 33.8. The SMILES string of the molecule is c1ccc(-n2c3ccccc3c3ccc(N(c4ccc5c(c4)-c4ccccc4C54C5CC6CC(C5)CC4C6)c4cccc5c4-c4ccccc4C54CC5CCC4C5)cc32)cc1. The van der Waals surface area contributed by atoms with Crippen LogP contribution in [0.2, 0.25) is 0 Å². The second-order valence-electron chi connectivity index (χ2n) is 20.5. The van der Waals surface area contributed by atoms with E-state index < -0.39 is 0 Å². The highest BCUT2D eigenvalue weighted by molar-refractivity contribution is 6.11. The van der Waals surface area contributed by atoms with E-state index in [4.69, 9.17) is 0 Å². The molecular weight excluding hydrogens is 737 g/mol. The van der Waals surface area contributed by atoms with E-state index in [2.05, 4.69) is 167 Å². The highest BCUT2D eigenvalue weighted by Crippen LogP contribution is 2.70. The van der Waals surface area contributed by atoms with E-state index in [9.17, 15) is 0 Å². The number of nitrogens with zero attached hydrogens (tertiary/aromatic N) is 2. The van der Waals surface area contributed by atoms with Crippen LogP contribution in [0.3, 0.4) is 0 Å². The molecule has 16 rings (SSSR count). The summed E-state index contributed by atoms with van der Waals surface area (Å²) in [4.78, 5) is 2.67. The average molecular weight is 787 g/mol.